The highest BCUT2D eigenvalue weighted by atomic mass is 16.6. The molecule has 1 aromatic rings. The van der Waals surface area contributed by atoms with Gasteiger partial charge in [0.15, 0.2) is 0 Å². The molecular formula is C41H68N6O9. The number of nitrogens with one attached hydrogen (secondary N) is 4. The molecule has 5 rings (SSSR count). The van der Waals surface area contributed by atoms with Gasteiger partial charge in [-0.05, 0) is 77.7 Å². The molecule has 6 amide bonds. The third-order valence-electron chi connectivity index (χ3n) is 11.1. The van der Waals surface area contributed by atoms with E-state index in [2.05, 4.69) is 21.3 Å². The van der Waals surface area contributed by atoms with Gasteiger partial charge < -0.3 is 40.5 Å². The van der Waals surface area contributed by atoms with E-state index in [0.29, 0.717) is 12.0 Å². The zero-order valence-corrected chi connectivity index (χ0v) is 33.9. The Hall–Kier alpha value is -4.53. The molecule has 2 heterocycles. The van der Waals surface area contributed by atoms with Crippen molar-refractivity contribution >= 4 is 41.4 Å². The minimum atomic E-state index is -1.20. The summed E-state index contributed by atoms with van der Waals surface area (Å²) in [5.41, 5.74) is -0.787. The number of ketones is 1. The molecular weight excluding hydrogens is 720 g/mol. The quantitative estimate of drug-likeness (QED) is 0.203. The molecule has 4 N–H and O–H groups in total. The van der Waals surface area contributed by atoms with Gasteiger partial charge in [0.05, 0.1) is 24.3 Å². The molecule has 56 heavy (non-hydrogen) atoms. The van der Waals surface area contributed by atoms with Crippen LogP contribution in [0.2, 0.25) is 0 Å². The normalized spacial score (nSPS) is 23.5. The standard InChI is InChI=1S/C41H60N6O9.4H2/c1-40(2,3)56-39(54)45-32(26-16-12-9-13-17-26)38(53)47-23-29-27(21-41(4,5)55-29)33(47)35(50)43-28(20-24-18-19-24)34(49)36(51)42-22-30(48)44-31(37(52)46(6)7)25-14-10-8-11-15-25;;;;/h8,10-11,14-15,24,26-29,31-33H,9,12-13,16-23H2,1-7H3,(H,42,51)(H,43,50)(H,44,48)(H,45,54);4*1H/t27-,28?,29-,31-,32-,33-;;;;/m0..../s1. The molecule has 0 radical (unpaired) electrons. The van der Waals surface area contributed by atoms with Crippen molar-refractivity contribution in [3.8, 4) is 0 Å². The SMILES string of the molecule is CN(C)C(=O)[C@@H](NC(=O)CNC(=O)C(=O)C(CC1CC1)NC(=O)[C@@H]1[C@H]2CC(C)(C)O[C@H]2CN1C(=O)[C@@H](NC(=O)OC(C)(C)C)C1CCCCC1)c1ccccc1.[HH].[HH].[HH].[HH]. The fourth-order valence-corrected chi connectivity index (χ4v) is 8.28. The second-order valence-electron chi connectivity index (χ2n) is 17.7. The van der Waals surface area contributed by atoms with E-state index in [9.17, 15) is 33.6 Å². The first kappa shape index (κ1) is 42.6. The first-order chi connectivity index (χ1) is 26.3. The number of fused-ring (bicyclic) bond motifs is 1. The highest BCUT2D eigenvalue weighted by Gasteiger charge is 2.56. The number of carbonyl (C=O) groups excluding carboxylic acids is 7. The van der Waals surface area contributed by atoms with Crippen LogP contribution in [0, 0.1) is 17.8 Å². The van der Waals surface area contributed by atoms with E-state index in [4.69, 9.17) is 9.47 Å². The van der Waals surface area contributed by atoms with Crippen LogP contribution in [0.25, 0.3) is 0 Å². The Bertz CT molecular complexity index is 1650. The van der Waals surface area contributed by atoms with Gasteiger partial charge >= 0.3 is 6.09 Å². The maximum absolute atomic E-state index is 14.6. The first-order valence-corrected chi connectivity index (χ1v) is 20.0. The maximum Gasteiger partial charge on any atom is 0.408 e. The zero-order chi connectivity index (χ0) is 40.9. The lowest BCUT2D eigenvalue weighted by Crippen LogP contribution is -2.59. The second kappa shape index (κ2) is 17.7. The van der Waals surface area contributed by atoms with Crippen molar-refractivity contribution in [1.82, 2.24) is 31.1 Å². The topological polar surface area (TPSA) is 193 Å². The van der Waals surface area contributed by atoms with Crippen molar-refractivity contribution < 1.29 is 48.7 Å². The van der Waals surface area contributed by atoms with Crippen LogP contribution in [0.1, 0.15) is 110 Å². The van der Waals surface area contributed by atoms with E-state index < -0.39 is 83.5 Å². The predicted octanol–water partition coefficient (Wildman–Crippen LogP) is 3.75. The van der Waals surface area contributed by atoms with Crippen LogP contribution >= 0.6 is 0 Å². The van der Waals surface area contributed by atoms with Gasteiger partial charge in [0.1, 0.15) is 23.7 Å². The van der Waals surface area contributed by atoms with Crippen LogP contribution in [-0.4, -0.2) is 114 Å². The summed E-state index contributed by atoms with van der Waals surface area (Å²) in [4.78, 5) is 97.8. The number of hydrogen-bond donors (Lipinski definition) is 4. The minimum absolute atomic E-state index is 0. The van der Waals surface area contributed by atoms with Gasteiger partial charge in [-0.2, -0.15) is 0 Å². The average Bonchev–Trinajstić information content (AvgIpc) is 3.82. The van der Waals surface area contributed by atoms with Crippen molar-refractivity contribution in [3.05, 3.63) is 35.9 Å². The molecule has 2 saturated carbocycles. The number of benzene rings is 1. The monoisotopic (exact) mass is 789 g/mol. The van der Waals surface area contributed by atoms with Crippen LogP contribution in [0.5, 0.6) is 0 Å². The maximum atomic E-state index is 14.6. The van der Waals surface area contributed by atoms with Gasteiger partial charge in [-0.25, -0.2) is 4.79 Å². The summed E-state index contributed by atoms with van der Waals surface area (Å²) in [6, 6.07) is 4.51. The molecule has 2 aliphatic heterocycles. The fourth-order valence-electron chi connectivity index (χ4n) is 8.28. The van der Waals surface area contributed by atoms with E-state index in [1.165, 1.54) is 9.80 Å². The number of ether oxygens (including phenoxy) is 2. The molecule has 0 aromatic heterocycles. The number of amides is 6. The van der Waals surface area contributed by atoms with Crippen LogP contribution < -0.4 is 21.3 Å². The van der Waals surface area contributed by atoms with Crippen LogP contribution in [-0.2, 0) is 38.2 Å². The van der Waals surface area contributed by atoms with Gasteiger partial charge in [0.2, 0.25) is 29.4 Å². The lowest BCUT2D eigenvalue weighted by molar-refractivity contribution is -0.145. The summed E-state index contributed by atoms with van der Waals surface area (Å²) in [5, 5.41) is 10.7. The van der Waals surface area contributed by atoms with E-state index in [0.717, 1.165) is 44.9 Å². The molecule has 0 spiro atoms. The average molecular weight is 789 g/mol. The van der Waals surface area contributed by atoms with Crippen molar-refractivity contribution in [1.29, 1.82) is 0 Å². The Morgan fingerprint density at radius 2 is 1.61 bits per heavy atom. The molecule has 15 nitrogen and oxygen atoms in total. The smallest absolute Gasteiger partial charge is 0.408 e. The van der Waals surface area contributed by atoms with Gasteiger partial charge in [-0.15, -0.1) is 0 Å². The summed E-state index contributed by atoms with van der Waals surface area (Å²) in [5.74, 6) is -4.42. The second-order valence-corrected chi connectivity index (χ2v) is 17.7. The van der Waals surface area contributed by atoms with Crippen molar-refractivity contribution in [2.75, 3.05) is 27.2 Å². The number of likely N-dealkylation sites (N-methyl/N-ethyl adjacent to an activating group) is 1. The molecule has 316 valence electrons. The Morgan fingerprint density at radius 1 is 0.946 bits per heavy atom. The Labute approximate surface area is 335 Å². The first-order valence-electron chi connectivity index (χ1n) is 20.0. The Morgan fingerprint density at radius 3 is 2.21 bits per heavy atom. The Balaban J connectivity index is 0.00000450. The van der Waals surface area contributed by atoms with E-state index in [-0.39, 0.29) is 42.3 Å². The van der Waals surface area contributed by atoms with Gasteiger partial charge in [0, 0.05) is 32.3 Å². The fraction of sp³-hybridized carbons (Fsp3) is 0.683. The molecule has 4 aliphatic rings. The van der Waals surface area contributed by atoms with Crippen molar-refractivity contribution in [3.63, 3.8) is 0 Å². The molecule has 6 atom stereocenters. The number of alkyl carbamates (subject to hydrolysis) is 1. The lowest BCUT2D eigenvalue weighted by Gasteiger charge is -2.36. The highest BCUT2D eigenvalue weighted by molar-refractivity contribution is 6.38. The third kappa shape index (κ3) is 11.1. The van der Waals surface area contributed by atoms with E-state index >= 15 is 0 Å². The molecule has 15 heteroatoms. The van der Waals surface area contributed by atoms with Gasteiger partial charge in [-0.3, -0.25) is 28.8 Å². The van der Waals surface area contributed by atoms with E-state index in [1.807, 2.05) is 13.8 Å². The van der Waals surface area contributed by atoms with Crippen LogP contribution in [0.15, 0.2) is 30.3 Å². The number of rotatable bonds is 14. The predicted molar refractivity (Wildman–Crippen MR) is 214 cm³/mol. The molecule has 2 saturated heterocycles. The number of nitrogens with zero attached hydrogens (tertiary/aromatic N) is 2. The number of likely N-dealkylation sites (tertiary alicyclic amines) is 1. The summed E-state index contributed by atoms with van der Waals surface area (Å²) < 4.78 is 11.9. The molecule has 0 bridgehead atoms. The van der Waals surface area contributed by atoms with Crippen molar-refractivity contribution in [2.45, 2.75) is 134 Å². The van der Waals surface area contributed by atoms with Crippen LogP contribution in [0.3, 0.4) is 0 Å². The summed E-state index contributed by atoms with van der Waals surface area (Å²) in [6.07, 6.45) is 5.53. The largest absolute Gasteiger partial charge is 0.444 e. The zero-order valence-electron chi connectivity index (χ0n) is 33.9. The van der Waals surface area contributed by atoms with Gasteiger partial charge in [0.25, 0.3) is 5.91 Å². The number of Topliss-reactive ketones (excluding diaryl/α,β-unsaturated/α-hetero) is 1. The molecule has 1 aromatic carbocycles. The summed E-state index contributed by atoms with van der Waals surface area (Å²) >= 11 is 0. The number of carbonyl (C=O) groups is 7. The van der Waals surface area contributed by atoms with Crippen molar-refractivity contribution in [2.24, 2.45) is 17.8 Å². The summed E-state index contributed by atoms with van der Waals surface area (Å²) in [7, 11) is 3.13. The Kier molecular flexibility index (Phi) is 13.5. The highest BCUT2D eigenvalue weighted by Crippen LogP contribution is 2.44. The molecule has 4 fully saturated rings. The summed E-state index contributed by atoms with van der Waals surface area (Å²) in [6.45, 7) is 8.65. The molecule has 1 unspecified atom stereocenters. The third-order valence-corrected chi connectivity index (χ3v) is 11.1. The number of hydrogen-bond acceptors (Lipinski definition) is 9. The van der Waals surface area contributed by atoms with Crippen LogP contribution in [0.4, 0.5) is 4.79 Å². The minimum Gasteiger partial charge on any atom is -0.444 e. The lowest BCUT2D eigenvalue weighted by atomic mass is 9.83. The molecule has 2 aliphatic carbocycles. The van der Waals surface area contributed by atoms with E-state index in [1.54, 1.807) is 65.2 Å². The van der Waals surface area contributed by atoms with Gasteiger partial charge in [-0.1, -0.05) is 62.4 Å².